The van der Waals surface area contributed by atoms with E-state index >= 15 is 0 Å². The van der Waals surface area contributed by atoms with Crippen LogP contribution in [0, 0.1) is 12.7 Å². The number of aryl methyl sites for hydroxylation is 1. The van der Waals surface area contributed by atoms with E-state index in [9.17, 15) is 9.18 Å². The van der Waals surface area contributed by atoms with Crippen LogP contribution in [0.25, 0.3) is 0 Å². The highest BCUT2D eigenvalue weighted by Crippen LogP contribution is 2.20. The number of hydrogen-bond donors (Lipinski definition) is 0. The predicted octanol–water partition coefficient (Wildman–Crippen LogP) is 2.41. The minimum Gasteiger partial charge on any atom is -0.369 e. The van der Waals surface area contributed by atoms with Gasteiger partial charge in [-0.1, -0.05) is 12.1 Å². The Hall–Kier alpha value is -1.22. The van der Waals surface area contributed by atoms with Gasteiger partial charge in [0.1, 0.15) is 11.9 Å². The van der Waals surface area contributed by atoms with E-state index in [0.717, 1.165) is 0 Å². The lowest BCUT2D eigenvalue weighted by Gasteiger charge is -2.12. The third kappa shape index (κ3) is 2.17. The van der Waals surface area contributed by atoms with Crippen LogP contribution in [0.3, 0.4) is 0 Å². The number of benzene rings is 1. The molecule has 3 heteroatoms. The standard InChI is InChI=1S/C11H13FO2/c1-7-6-9(4-5-10(7)12)11(14-3)8(2)13/h4-6,11H,1-3H3. The lowest BCUT2D eigenvalue weighted by atomic mass is 10.0. The molecule has 76 valence electrons. The van der Waals surface area contributed by atoms with Crippen molar-refractivity contribution in [2.75, 3.05) is 7.11 Å². The summed E-state index contributed by atoms with van der Waals surface area (Å²) in [4.78, 5) is 11.2. The largest absolute Gasteiger partial charge is 0.369 e. The number of Topliss-reactive ketones (excluding diaryl/α,β-unsaturated/α-hetero) is 1. The number of ether oxygens (including phenoxy) is 1. The van der Waals surface area contributed by atoms with Crippen molar-refractivity contribution in [1.29, 1.82) is 0 Å². The van der Waals surface area contributed by atoms with E-state index in [0.29, 0.717) is 11.1 Å². The van der Waals surface area contributed by atoms with Crippen molar-refractivity contribution in [1.82, 2.24) is 0 Å². The zero-order chi connectivity index (χ0) is 10.7. The quantitative estimate of drug-likeness (QED) is 0.742. The lowest BCUT2D eigenvalue weighted by molar-refractivity contribution is -0.126. The van der Waals surface area contributed by atoms with Crippen LogP contribution in [-0.4, -0.2) is 12.9 Å². The SMILES string of the molecule is COC(C(C)=O)c1ccc(F)c(C)c1. The molecule has 1 aromatic rings. The molecule has 0 heterocycles. The molecule has 0 saturated carbocycles. The van der Waals surface area contributed by atoms with E-state index in [1.54, 1.807) is 19.1 Å². The van der Waals surface area contributed by atoms with E-state index in [4.69, 9.17) is 4.74 Å². The molecule has 1 unspecified atom stereocenters. The molecule has 2 nitrogen and oxygen atoms in total. The molecule has 0 aliphatic heterocycles. The summed E-state index contributed by atoms with van der Waals surface area (Å²) in [5.74, 6) is -0.356. The molecule has 0 amide bonds. The van der Waals surface area contributed by atoms with Crippen LogP contribution in [0.2, 0.25) is 0 Å². The fraction of sp³-hybridized carbons (Fsp3) is 0.364. The van der Waals surface area contributed by atoms with Gasteiger partial charge in [-0.3, -0.25) is 4.79 Å². The number of methoxy groups -OCH3 is 1. The van der Waals surface area contributed by atoms with E-state index in [2.05, 4.69) is 0 Å². The summed E-state index contributed by atoms with van der Waals surface area (Å²) in [7, 11) is 1.46. The van der Waals surface area contributed by atoms with Crippen molar-refractivity contribution in [3.63, 3.8) is 0 Å². The van der Waals surface area contributed by atoms with Crippen LogP contribution < -0.4 is 0 Å². The number of hydrogen-bond acceptors (Lipinski definition) is 2. The molecule has 1 atom stereocenters. The topological polar surface area (TPSA) is 26.3 Å². The predicted molar refractivity (Wildman–Crippen MR) is 51.6 cm³/mol. The molecule has 1 rings (SSSR count). The molecule has 0 aliphatic carbocycles. The summed E-state index contributed by atoms with van der Waals surface area (Å²) < 4.78 is 18.0. The average Bonchev–Trinajstić information content (AvgIpc) is 2.11. The number of rotatable bonds is 3. The van der Waals surface area contributed by atoms with Gasteiger partial charge in [-0.05, 0) is 31.0 Å². The Bertz CT molecular complexity index is 347. The fourth-order valence-corrected chi connectivity index (χ4v) is 1.37. The summed E-state index contributed by atoms with van der Waals surface area (Å²) in [6.45, 7) is 3.11. The average molecular weight is 196 g/mol. The third-order valence-corrected chi connectivity index (χ3v) is 2.09. The van der Waals surface area contributed by atoms with E-state index < -0.39 is 6.10 Å². The Morgan fingerprint density at radius 2 is 2.14 bits per heavy atom. The van der Waals surface area contributed by atoms with Gasteiger partial charge in [0.2, 0.25) is 0 Å². The normalized spacial score (nSPS) is 12.6. The molecule has 0 fully saturated rings. The Morgan fingerprint density at radius 1 is 1.50 bits per heavy atom. The third-order valence-electron chi connectivity index (χ3n) is 2.09. The molecule has 0 saturated heterocycles. The minimum atomic E-state index is -0.589. The van der Waals surface area contributed by atoms with Crippen molar-refractivity contribution in [2.24, 2.45) is 0 Å². The van der Waals surface area contributed by atoms with Crippen LogP contribution in [-0.2, 0) is 9.53 Å². The maximum absolute atomic E-state index is 12.9. The monoisotopic (exact) mass is 196 g/mol. The number of carbonyl (C=O) groups excluding carboxylic acids is 1. The first-order valence-electron chi connectivity index (χ1n) is 4.35. The Balaban J connectivity index is 3.06. The molecule has 0 spiro atoms. The van der Waals surface area contributed by atoms with Gasteiger partial charge in [0.05, 0.1) is 0 Å². The van der Waals surface area contributed by atoms with Crippen molar-refractivity contribution < 1.29 is 13.9 Å². The maximum Gasteiger partial charge on any atom is 0.163 e. The van der Waals surface area contributed by atoms with Gasteiger partial charge in [0, 0.05) is 7.11 Å². The molecule has 1 aromatic carbocycles. The molecule has 0 bridgehead atoms. The fourth-order valence-electron chi connectivity index (χ4n) is 1.37. The molecule has 0 aromatic heterocycles. The van der Waals surface area contributed by atoms with Gasteiger partial charge in [-0.15, -0.1) is 0 Å². The van der Waals surface area contributed by atoms with Gasteiger partial charge in [-0.2, -0.15) is 0 Å². The zero-order valence-electron chi connectivity index (χ0n) is 8.50. The number of carbonyl (C=O) groups is 1. The smallest absolute Gasteiger partial charge is 0.163 e. The van der Waals surface area contributed by atoms with Crippen LogP contribution in [0.5, 0.6) is 0 Å². The molecular formula is C11H13FO2. The van der Waals surface area contributed by atoms with Gasteiger partial charge in [0.25, 0.3) is 0 Å². The second-order valence-corrected chi connectivity index (χ2v) is 3.24. The van der Waals surface area contributed by atoms with Gasteiger partial charge in [-0.25, -0.2) is 4.39 Å². The second-order valence-electron chi connectivity index (χ2n) is 3.24. The van der Waals surface area contributed by atoms with E-state index in [-0.39, 0.29) is 11.6 Å². The summed E-state index contributed by atoms with van der Waals surface area (Å²) >= 11 is 0. The lowest BCUT2D eigenvalue weighted by Crippen LogP contribution is -2.11. The summed E-state index contributed by atoms with van der Waals surface area (Å²) in [5, 5.41) is 0. The maximum atomic E-state index is 12.9. The first-order valence-corrected chi connectivity index (χ1v) is 4.35. The molecule has 0 aliphatic rings. The minimum absolute atomic E-state index is 0.0847. The summed E-state index contributed by atoms with van der Waals surface area (Å²) in [6, 6.07) is 4.54. The van der Waals surface area contributed by atoms with Crippen LogP contribution in [0.4, 0.5) is 4.39 Å². The molecule has 14 heavy (non-hydrogen) atoms. The Kier molecular flexibility index (Phi) is 3.36. The molecule has 0 radical (unpaired) electrons. The zero-order valence-corrected chi connectivity index (χ0v) is 8.50. The van der Waals surface area contributed by atoms with E-state index in [1.807, 2.05) is 0 Å². The van der Waals surface area contributed by atoms with E-state index in [1.165, 1.54) is 20.1 Å². The number of halogens is 1. The second kappa shape index (κ2) is 4.33. The van der Waals surface area contributed by atoms with Crippen LogP contribution in [0.1, 0.15) is 24.2 Å². The van der Waals surface area contributed by atoms with Crippen molar-refractivity contribution >= 4 is 5.78 Å². The summed E-state index contributed by atoms with van der Waals surface area (Å²) in [5.41, 5.74) is 1.21. The Labute approximate surface area is 82.7 Å². The summed E-state index contributed by atoms with van der Waals surface area (Å²) in [6.07, 6.45) is -0.589. The van der Waals surface area contributed by atoms with Gasteiger partial charge >= 0.3 is 0 Å². The highest BCUT2D eigenvalue weighted by Gasteiger charge is 2.16. The van der Waals surface area contributed by atoms with Gasteiger partial charge < -0.3 is 4.74 Å². The highest BCUT2D eigenvalue weighted by atomic mass is 19.1. The molecular weight excluding hydrogens is 183 g/mol. The molecule has 0 N–H and O–H groups in total. The van der Waals surface area contributed by atoms with Crippen molar-refractivity contribution in [2.45, 2.75) is 20.0 Å². The van der Waals surface area contributed by atoms with Gasteiger partial charge in [0.15, 0.2) is 5.78 Å². The van der Waals surface area contributed by atoms with Crippen molar-refractivity contribution in [3.05, 3.63) is 35.1 Å². The first kappa shape index (κ1) is 10.9. The van der Waals surface area contributed by atoms with Crippen LogP contribution in [0.15, 0.2) is 18.2 Å². The van der Waals surface area contributed by atoms with Crippen LogP contribution >= 0.6 is 0 Å². The Morgan fingerprint density at radius 3 is 2.57 bits per heavy atom. The highest BCUT2D eigenvalue weighted by molar-refractivity contribution is 5.81. The van der Waals surface area contributed by atoms with Crippen molar-refractivity contribution in [3.8, 4) is 0 Å². The number of ketones is 1. The first-order chi connectivity index (χ1) is 6.56.